The quantitative estimate of drug-likeness (QED) is 0.250. The molecule has 1 unspecified atom stereocenters. The standard InChI is InChI=1S/C12H16FN.C8H16.C5H10N4O.C3H6O/c1-8-5-9-3-4-10(14-2)7-11(9)12(13)6-8;1-2-8-6-4-3-5-7-8;1-4(6)9-3-8-2-5(7)10;1-2-3-4/h5-6,10,14H,3-4,7H2,1-2H3;8H,2-7H2,1H3;3H,1-2,6H2,(H2,7,10)(H,8,9);3H,2H2,1H3. The molecule has 1 fully saturated rings. The summed E-state index contributed by atoms with van der Waals surface area (Å²) in [5.41, 5.74) is 13.0. The van der Waals surface area contributed by atoms with Crippen molar-refractivity contribution in [2.24, 2.45) is 22.4 Å². The minimum absolute atomic E-state index is 0.0278. The Labute approximate surface area is 217 Å². The second-order valence-electron chi connectivity index (χ2n) is 9.21. The van der Waals surface area contributed by atoms with E-state index < -0.39 is 5.91 Å². The van der Waals surface area contributed by atoms with Crippen molar-refractivity contribution in [1.29, 1.82) is 0 Å². The number of halogens is 1. The van der Waals surface area contributed by atoms with Crippen LogP contribution < -0.4 is 22.1 Å². The van der Waals surface area contributed by atoms with Crippen LogP contribution in [0.4, 0.5) is 4.39 Å². The monoisotopic (exact) mass is 505 g/mol. The van der Waals surface area contributed by atoms with Crippen molar-refractivity contribution in [3.8, 4) is 0 Å². The van der Waals surface area contributed by atoms with Crippen LogP contribution in [0.5, 0.6) is 0 Å². The SMILES string of the molecule is C=C(N)NC=NCC(N)=O.CCC1CCCCC1.CCC=O.CNC1CCc2cc(C)cc(F)c2C1. The molecule has 0 aliphatic heterocycles. The Bertz CT molecular complexity index is 789. The van der Waals surface area contributed by atoms with E-state index in [1.165, 1.54) is 50.4 Å². The van der Waals surface area contributed by atoms with Crippen LogP contribution in [0.25, 0.3) is 0 Å². The predicted octanol–water partition coefficient (Wildman–Crippen LogP) is 4.30. The van der Waals surface area contributed by atoms with Gasteiger partial charge in [-0.05, 0) is 61.9 Å². The van der Waals surface area contributed by atoms with Gasteiger partial charge in [-0.1, -0.05) is 65.0 Å². The molecular formula is C28H48FN5O2. The van der Waals surface area contributed by atoms with Gasteiger partial charge < -0.3 is 26.9 Å². The predicted molar refractivity (Wildman–Crippen MR) is 148 cm³/mol. The minimum atomic E-state index is -0.485. The zero-order valence-corrected chi connectivity index (χ0v) is 22.7. The summed E-state index contributed by atoms with van der Waals surface area (Å²) in [7, 11) is 1.95. The van der Waals surface area contributed by atoms with Gasteiger partial charge in [0.05, 0.1) is 12.2 Å². The fourth-order valence-corrected chi connectivity index (χ4v) is 4.08. The van der Waals surface area contributed by atoms with E-state index in [9.17, 15) is 14.0 Å². The summed E-state index contributed by atoms with van der Waals surface area (Å²) in [6, 6.07) is 4.20. The number of nitrogens with zero attached hydrogens (tertiary/aromatic N) is 1. The van der Waals surface area contributed by atoms with E-state index in [0.29, 0.717) is 12.5 Å². The van der Waals surface area contributed by atoms with Gasteiger partial charge in [-0.2, -0.15) is 0 Å². The fraction of sp³-hybridized carbons (Fsp3) is 0.607. The first-order chi connectivity index (χ1) is 17.2. The van der Waals surface area contributed by atoms with Gasteiger partial charge in [-0.3, -0.25) is 9.79 Å². The third-order valence-corrected chi connectivity index (χ3v) is 6.11. The van der Waals surface area contributed by atoms with Gasteiger partial charge in [0.2, 0.25) is 5.91 Å². The zero-order valence-electron chi connectivity index (χ0n) is 22.7. The number of aryl methyl sites for hydroxylation is 2. The van der Waals surface area contributed by atoms with Gasteiger partial charge in [0.1, 0.15) is 18.6 Å². The average molecular weight is 506 g/mol. The third kappa shape index (κ3) is 16.0. The molecule has 0 spiro atoms. The number of amides is 1. The van der Waals surface area contributed by atoms with Crippen LogP contribution in [0, 0.1) is 18.7 Å². The topological polar surface area (TPSA) is 123 Å². The van der Waals surface area contributed by atoms with Crippen LogP contribution >= 0.6 is 0 Å². The highest BCUT2D eigenvalue weighted by Crippen LogP contribution is 2.26. The highest BCUT2D eigenvalue weighted by molar-refractivity contribution is 5.77. The highest BCUT2D eigenvalue weighted by Gasteiger charge is 2.20. The second kappa shape index (κ2) is 20.5. The first kappa shape index (κ1) is 33.3. The Morgan fingerprint density at radius 2 is 1.83 bits per heavy atom. The number of hydrogen-bond acceptors (Lipinski definition) is 5. The first-order valence-electron chi connectivity index (χ1n) is 13.0. The number of nitrogens with two attached hydrogens (primary N) is 2. The van der Waals surface area contributed by atoms with Gasteiger partial charge in [0, 0.05) is 12.5 Å². The maximum atomic E-state index is 13.6. The molecule has 36 heavy (non-hydrogen) atoms. The van der Waals surface area contributed by atoms with E-state index in [1.807, 2.05) is 20.9 Å². The largest absolute Gasteiger partial charge is 0.386 e. The number of primary amides is 1. The molecule has 0 aromatic heterocycles. The normalized spacial score (nSPS) is 16.6. The maximum Gasteiger partial charge on any atom is 0.239 e. The Morgan fingerprint density at radius 1 is 1.19 bits per heavy atom. The summed E-state index contributed by atoms with van der Waals surface area (Å²) in [5, 5.41) is 5.70. The van der Waals surface area contributed by atoms with Crippen LogP contribution in [-0.2, 0) is 22.4 Å². The van der Waals surface area contributed by atoms with Gasteiger partial charge >= 0.3 is 0 Å². The second-order valence-corrected chi connectivity index (χ2v) is 9.21. The third-order valence-electron chi connectivity index (χ3n) is 6.11. The molecular weight excluding hydrogens is 457 g/mol. The molecule has 8 heteroatoms. The molecule has 0 radical (unpaired) electrons. The average Bonchev–Trinajstić information content (AvgIpc) is 2.87. The lowest BCUT2D eigenvalue weighted by molar-refractivity contribution is -0.116. The Hall–Kier alpha value is -2.74. The lowest BCUT2D eigenvalue weighted by atomic mass is 9.87. The lowest BCUT2D eigenvalue weighted by Gasteiger charge is -2.24. The smallest absolute Gasteiger partial charge is 0.239 e. The van der Waals surface area contributed by atoms with Crippen molar-refractivity contribution >= 4 is 18.5 Å². The van der Waals surface area contributed by atoms with Gasteiger partial charge in [0.25, 0.3) is 0 Å². The van der Waals surface area contributed by atoms with Crippen molar-refractivity contribution in [3.63, 3.8) is 0 Å². The Morgan fingerprint density at radius 3 is 2.31 bits per heavy atom. The van der Waals surface area contributed by atoms with E-state index in [4.69, 9.17) is 11.5 Å². The summed E-state index contributed by atoms with van der Waals surface area (Å²) < 4.78 is 13.6. The fourth-order valence-electron chi connectivity index (χ4n) is 4.08. The van der Waals surface area contributed by atoms with Crippen LogP contribution in [0.2, 0.25) is 0 Å². The van der Waals surface area contributed by atoms with Crippen molar-refractivity contribution < 1.29 is 14.0 Å². The molecule has 6 N–H and O–H groups in total. The zero-order chi connectivity index (χ0) is 27.3. The molecule has 1 aromatic carbocycles. The first-order valence-corrected chi connectivity index (χ1v) is 13.0. The number of rotatable bonds is 7. The van der Waals surface area contributed by atoms with Crippen LogP contribution in [0.1, 0.15) is 81.9 Å². The lowest BCUT2D eigenvalue weighted by Crippen LogP contribution is -2.32. The number of hydrogen-bond donors (Lipinski definition) is 4. The van der Waals surface area contributed by atoms with E-state index in [1.54, 1.807) is 6.07 Å². The van der Waals surface area contributed by atoms with Crippen LogP contribution in [0.3, 0.4) is 0 Å². The molecule has 1 amide bonds. The van der Waals surface area contributed by atoms with Crippen LogP contribution in [0.15, 0.2) is 29.5 Å². The number of aldehydes is 1. The maximum absolute atomic E-state index is 13.6. The van der Waals surface area contributed by atoms with Crippen LogP contribution in [-0.4, -0.2) is 38.2 Å². The van der Waals surface area contributed by atoms with E-state index >= 15 is 0 Å². The number of aliphatic imine (C=N–C) groups is 1. The molecule has 0 bridgehead atoms. The Kier molecular flexibility index (Phi) is 18.9. The summed E-state index contributed by atoms with van der Waals surface area (Å²) in [6.45, 7) is 9.37. The summed E-state index contributed by atoms with van der Waals surface area (Å²) in [6.07, 6.45) is 14.7. The molecule has 2 aliphatic rings. The van der Waals surface area contributed by atoms with Crippen molar-refractivity contribution in [1.82, 2.24) is 10.6 Å². The van der Waals surface area contributed by atoms with Crippen molar-refractivity contribution in [2.75, 3.05) is 13.6 Å². The molecule has 0 heterocycles. The van der Waals surface area contributed by atoms with E-state index in [-0.39, 0.29) is 18.2 Å². The number of carbonyl (C=O) groups excluding carboxylic acids is 2. The molecule has 7 nitrogen and oxygen atoms in total. The molecule has 2 aliphatic carbocycles. The molecule has 1 aromatic rings. The number of carbonyl (C=O) groups is 2. The van der Waals surface area contributed by atoms with Gasteiger partial charge in [0.15, 0.2) is 0 Å². The van der Waals surface area contributed by atoms with Crippen molar-refractivity contribution in [2.45, 2.75) is 91.0 Å². The summed E-state index contributed by atoms with van der Waals surface area (Å²) in [5.74, 6) is 0.845. The number of nitrogens with one attached hydrogen (secondary N) is 2. The van der Waals surface area contributed by atoms with E-state index in [0.717, 1.165) is 42.6 Å². The van der Waals surface area contributed by atoms with E-state index in [2.05, 4.69) is 35.2 Å². The van der Waals surface area contributed by atoms with Gasteiger partial charge in [-0.15, -0.1) is 0 Å². The Balaban J connectivity index is 0.000000493. The minimum Gasteiger partial charge on any atom is -0.386 e. The number of likely N-dealkylation sites (N-methyl/N-ethyl adjacent to an activating group) is 1. The number of benzene rings is 1. The molecule has 1 saturated carbocycles. The highest BCUT2D eigenvalue weighted by atomic mass is 19.1. The molecule has 3 rings (SSSR count). The van der Waals surface area contributed by atoms with Gasteiger partial charge in [-0.25, -0.2) is 4.39 Å². The summed E-state index contributed by atoms with van der Waals surface area (Å²) in [4.78, 5) is 22.8. The number of fused-ring (bicyclic) bond motifs is 1. The molecule has 1 atom stereocenters. The van der Waals surface area contributed by atoms with Crippen molar-refractivity contribution in [3.05, 3.63) is 47.0 Å². The molecule has 204 valence electrons. The summed E-state index contributed by atoms with van der Waals surface area (Å²) >= 11 is 0. The molecule has 0 saturated heterocycles.